The van der Waals surface area contributed by atoms with Crippen LogP contribution in [0.1, 0.15) is 27.7 Å². The van der Waals surface area contributed by atoms with Crippen LogP contribution in [0.15, 0.2) is 0 Å². The van der Waals surface area contributed by atoms with Gasteiger partial charge in [-0.2, -0.15) is 0 Å². The zero-order valence-electron chi connectivity index (χ0n) is 16.1. The smallest absolute Gasteiger partial charge is 0.407 e. The molecule has 12 nitrogen and oxygen atoms in total. The highest BCUT2D eigenvalue weighted by molar-refractivity contribution is 5.70. The molecule has 5 atom stereocenters. The van der Waals surface area contributed by atoms with E-state index in [4.69, 9.17) is 23.7 Å². The van der Waals surface area contributed by atoms with Gasteiger partial charge in [-0.05, 0) is 0 Å². The lowest BCUT2D eigenvalue weighted by Crippen LogP contribution is -2.67. The van der Waals surface area contributed by atoms with Crippen LogP contribution in [-0.4, -0.2) is 74.3 Å². The Hall–Kier alpha value is -2.89. The van der Waals surface area contributed by atoms with Crippen molar-refractivity contribution in [2.45, 2.75) is 58.3 Å². The number of hydrogen-bond donors (Lipinski definition) is 1. The van der Waals surface area contributed by atoms with Crippen molar-refractivity contribution in [1.82, 2.24) is 5.32 Å². The van der Waals surface area contributed by atoms with Crippen LogP contribution in [0.4, 0.5) is 4.79 Å². The van der Waals surface area contributed by atoms with Gasteiger partial charge in [-0.1, -0.05) is 0 Å². The first kappa shape index (κ1) is 23.1. The van der Waals surface area contributed by atoms with Crippen molar-refractivity contribution >= 4 is 30.0 Å². The van der Waals surface area contributed by atoms with Crippen LogP contribution in [0.5, 0.6) is 0 Å². The van der Waals surface area contributed by atoms with Crippen LogP contribution in [0, 0.1) is 0 Å². The average molecular weight is 405 g/mol. The summed E-state index contributed by atoms with van der Waals surface area (Å²) in [6, 6.07) is -1.28. The third kappa shape index (κ3) is 7.02. The molecule has 0 spiro atoms. The van der Waals surface area contributed by atoms with Gasteiger partial charge in [0.2, 0.25) is 6.29 Å². The van der Waals surface area contributed by atoms with E-state index >= 15 is 0 Å². The van der Waals surface area contributed by atoms with E-state index in [2.05, 4.69) is 10.1 Å². The molecule has 0 radical (unpaired) electrons. The predicted molar refractivity (Wildman–Crippen MR) is 87.5 cm³/mol. The maximum absolute atomic E-state index is 11.7. The van der Waals surface area contributed by atoms with E-state index < -0.39 is 67.2 Å². The zero-order valence-corrected chi connectivity index (χ0v) is 16.1. The third-order valence-corrected chi connectivity index (χ3v) is 3.45. The number of carbonyl (C=O) groups excluding carboxylic acids is 5. The number of rotatable bonds is 6. The number of amides is 1. The van der Waals surface area contributed by atoms with Gasteiger partial charge in [0.15, 0.2) is 12.2 Å². The minimum Gasteiger partial charge on any atom is -0.463 e. The summed E-state index contributed by atoms with van der Waals surface area (Å²) in [6.45, 7) is 4.05. The van der Waals surface area contributed by atoms with Crippen LogP contribution in [0.2, 0.25) is 0 Å². The molecule has 0 aromatic rings. The SMILES string of the molecule is COC(=O)N[C@H]1[C@H](OC(C)=O)O[C@H](COC(C)=O)[C@@H](OC(C)=O)[C@@H]1OC(C)=O. The highest BCUT2D eigenvalue weighted by Crippen LogP contribution is 2.28. The molecule has 0 aromatic carbocycles. The van der Waals surface area contributed by atoms with Gasteiger partial charge in [-0.15, -0.1) is 0 Å². The molecule has 1 aliphatic rings. The molecule has 0 saturated carbocycles. The highest BCUT2D eigenvalue weighted by atomic mass is 16.7. The van der Waals surface area contributed by atoms with E-state index in [-0.39, 0.29) is 0 Å². The van der Waals surface area contributed by atoms with Crippen molar-refractivity contribution < 1.29 is 52.4 Å². The molecular formula is C16H23NO11. The summed E-state index contributed by atoms with van der Waals surface area (Å²) in [5.41, 5.74) is 0. The summed E-state index contributed by atoms with van der Waals surface area (Å²) in [6.07, 6.45) is -6.16. The summed E-state index contributed by atoms with van der Waals surface area (Å²) >= 11 is 0. The number of ether oxygens (including phenoxy) is 6. The van der Waals surface area contributed by atoms with Gasteiger partial charge >= 0.3 is 30.0 Å². The van der Waals surface area contributed by atoms with Crippen LogP contribution >= 0.6 is 0 Å². The molecule has 1 rings (SSSR count). The van der Waals surface area contributed by atoms with Crippen LogP contribution < -0.4 is 5.32 Å². The standard InChI is InChI=1S/C16H23NO11/c1-7(18)24-6-11-13(25-8(2)19)14(26-9(3)20)12(17-16(22)23-5)15(28-11)27-10(4)21/h11-15H,6H2,1-5H3,(H,17,22)/t11-,12-,13-,14-,15-/m1/s1. The number of esters is 4. The summed E-state index contributed by atoms with van der Waals surface area (Å²) in [5, 5.41) is 2.33. The molecule has 1 fully saturated rings. The van der Waals surface area contributed by atoms with E-state index in [1.165, 1.54) is 0 Å². The van der Waals surface area contributed by atoms with Crippen molar-refractivity contribution in [2.75, 3.05) is 13.7 Å². The van der Waals surface area contributed by atoms with Crippen molar-refractivity contribution in [2.24, 2.45) is 0 Å². The fraction of sp³-hybridized carbons (Fsp3) is 0.688. The zero-order chi connectivity index (χ0) is 21.4. The summed E-state index contributed by atoms with van der Waals surface area (Å²) in [5.74, 6) is -2.93. The summed E-state index contributed by atoms with van der Waals surface area (Å²) in [7, 11) is 1.09. The molecule has 1 amide bonds. The second kappa shape index (κ2) is 10.4. The van der Waals surface area contributed by atoms with Gasteiger partial charge in [0.1, 0.15) is 18.8 Å². The molecule has 1 N–H and O–H groups in total. The van der Waals surface area contributed by atoms with Crippen LogP contribution in [0.25, 0.3) is 0 Å². The van der Waals surface area contributed by atoms with Crippen molar-refractivity contribution in [1.29, 1.82) is 0 Å². The Morgan fingerprint density at radius 1 is 0.821 bits per heavy atom. The topological polar surface area (TPSA) is 153 Å². The molecular weight excluding hydrogens is 382 g/mol. The average Bonchev–Trinajstić information content (AvgIpc) is 2.56. The Bertz CT molecular complexity index is 620. The van der Waals surface area contributed by atoms with Crippen LogP contribution in [-0.2, 0) is 47.6 Å². The lowest BCUT2D eigenvalue weighted by atomic mass is 9.96. The summed E-state index contributed by atoms with van der Waals surface area (Å²) < 4.78 is 30.4. The molecule has 1 saturated heterocycles. The molecule has 158 valence electrons. The van der Waals surface area contributed by atoms with Gasteiger partial charge in [0, 0.05) is 27.7 Å². The van der Waals surface area contributed by atoms with Gasteiger partial charge in [0.05, 0.1) is 7.11 Å². The first-order valence-electron chi connectivity index (χ1n) is 8.20. The fourth-order valence-corrected chi connectivity index (χ4v) is 2.52. The van der Waals surface area contributed by atoms with E-state index in [1.807, 2.05) is 0 Å². The minimum absolute atomic E-state index is 0.395. The van der Waals surface area contributed by atoms with Crippen LogP contribution in [0.3, 0.4) is 0 Å². The van der Waals surface area contributed by atoms with Gasteiger partial charge in [-0.3, -0.25) is 19.2 Å². The van der Waals surface area contributed by atoms with Crippen molar-refractivity contribution in [3.63, 3.8) is 0 Å². The van der Waals surface area contributed by atoms with E-state index in [0.29, 0.717) is 0 Å². The minimum atomic E-state index is -1.45. The summed E-state index contributed by atoms with van der Waals surface area (Å²) in [4.78, 5) is 57.5. The molecule has 1 aliphatic heterocycles. The van der Waals surface area contributed by atoms with Gasteiger partial charge < -0.3 is 33.7 Å². The Labute approximate surface area is 160 Å². The first-order valence-corrected chi connectivity index (χ1v) is 8.20. The molecule has 0 bridgehead atoms. The lowest BCUT2D eigenvalue weighted by Gasteiger charge is -2.44. The normalized spacial score (nSPS) is 26.4. The van der Waals surface area contributed by atoms with Gasteiger partial charge in [-0.25, -0.2) is 4.79 Å². The number of alkyl carbamates (subject to hydrolysis) is 1. The third-order valence-electron chi connectivity index (χ3n) is 3.45. The number of nitrogens with one attached hydrogen (secondary N) is 1. The molecule has 1 heterocycles. The quantitative estimate of drug-likeness (QED) is 0.446. The van der Waals surface area contributed by atoms with Gasteiger partial charge in [0.25, 0.3) is 0 Å². The molecule has 0 unspecified atom stereocenters. The maximum Gasteiger partial charge on any atom is 0.407 e. The molecule has 0 aromatic heterocycles. The number of carbonyl (C=O) groups is 5. The Balaban J connectivity index is 3.31. The fourth-order valence-electron chi connectivity index (χ4n) is 2.52. The van der Waals surface area contributed by atoms with Crippen molar-refractivity contribution in [3.8, 4) is 0 Å². The number of methoxy groups -OCH3 is 1. The second-order valence-corrected chi connectivity index (χ2v) is 5.76. The predicted octanol–water partition coefficient (Wildman–Crippen LogP) is -0.574. The molecule has 0 aliphatic carbocycles. The lowest BCUT2D eigenvalue weighted by molar-refractivity contribution is -0.270. The highest BCUT2D eigenvalue weighted by Gasteiger charge is 2.52. The van der Waals surface area contributed by atoms with Crippen molar-refractivity contribution in [3.05, 3.63) is 0 Å². The van der Waals surface area contributed by atoms with E-state index in [1.54, 1.807) is 0 Å². The number of hydrogen-bond acceptors (Lipinski definition) is 11. The Kier molecular flexibility index (Phi) is 8.64. The Morgan fingerprint density at radius 3 is 1.82 bits per heavy atom. The van der Waals surface area contributed by atoms with E-state index in [0.717, 1.165) is 34.8 Å². The van der Waals surface area contributed by atoms with E-state index in [9.17, 15) is 24.0 Å². The second-order valence-electron chi connectivity index (χ2n) is 5.76. The molecule has 12 heteroatoms. The maximum atomic E-state index is 11.7. The first-order chi connectivity index (χ1) is 13.0. The largest absolute Gasteiger partial charge is 0.463 e. The Morgan fingerprint density at radius 2 is 1.36 bits per heavy atom. The monoisotopic (exact) mass is 405 g/mol. The molecule has 28 heavy (non-hydrogen) atoms.